The molecule has 0 aliphatic carbocycles. The molecule has 1 amide bonds. The molecule has 2 heterocycles. The van der Waals surface area contributed by atoms with Gasteiger partial charge in [-0.2, -0.15) is 0 Å². The van der Waals surface area contributed by atoms with Gasteiger partial charge in [0.25, 0.3) is 0 Å². The van der Waals surface area contributed by atoms with E-state index in [0.29, 0.717) is 30.9 Å². The molecule has 2 aliphatic rings. The van der Waals surface area contributed by atoms with Crippen LogP contribution >= 0.6 is 11.6 Å². The monoisotopic (exact) mass is 229 g/mol. The van der Waals surface area contributed by atoms with Crippen LogP contribution < -0.4 is 0 Å². The molecule has 3 nitrogen and oxygen atoms in total. The summed E-state index contributed by atoms with van der Waals surface area (Å²) < 4.78 is 0. The summed E-state index contributed by atoms with van der Waals surface area (Å²) in [5.41, 5.74) is 0. The Labute approximate surface area is 94.8 Å². The van der Waals surface area contributed by atoms with E-state index in [9.17, 15) is 9.59 Å². The minimum absolute atomic E-state index is 0.190. The number of carbonyl (C=O) groups is 2. The maximum absolute atomic E-state index is 11.9. The van der Waals surface area contributed by atoms with E-state index in [4.69, 9.17) is 11.6 Å². The van der Waals surface area contributed by atoms with Crippen LogP contribution in [0.4, 0.5) is 0 Å². The van der Waals surface area contributed by atoms with Crippen molar-refractivity contribution in [1.29, 1.82) is 0 Å². The third kappa shape index (κ3) is 2.17. The predicted octanol–water partition coefficient (Wildman–Crippen LogP) is 1.73. The lowest BCUT2D eigenvalue weighted by atomic mass is 10.0. The molecule has 0 N–H and O–H groups in total. The Morgan fingerprint density at radius 3 is 2.47 bits per heavy atom. The molecule has 2 aliphatic heterocycles. The van der Waals surface area contributed by atoms with Gasteiger partial charge in [0.05, 0.1) is 0 Å². The van der Waals surface area contributed by atoms with Crippen molar-refractivity contribution in [3.63, 3.8) is 0 Å². The molecule has 2 saturated heterocycles. The Balaban J connectivity index is 1.98. The Kier molecular flexibility index (Phi) is 3.29. The van der Waals surface area contributed by atoms with Crippen molar-refractivity contribution in [2.75, 3.05) is 5.88 Å². The molecule has 15 heavy (non-hydrogen) atoms. The van der Waals surface area contributed by atoms with Crippen molar-refractivity contribution >= 4 is 23.3 Å². The highest BCUT2D eigenvalue weighted by molar-refractivity contribution is 6.17. The summed E-state index contributed by atoms with van der Waals surface area (Å²) in [5.74, 6) is 1.05. The van der Waals surface area contributed by atoms with Crippen LogP contribution in [-0.4, -0.2) is 34.6 Å². The highest BCUT2D eigenvalue weighted by atomic mass is 35.5. The number of nitrogens with zero attached hydrogens (tertiary/aromatic N) is 1. The van der Waals surface area contributed by atoms with Gasteiger partial charge in [0.2, 0.25) is 5.91 Å². The minimum Gasteiger partial charge on any atom is -0.336 e. The van der Waals surface area contributed by atoms with Crippen LogP contribution in [0.15, 0.2) is 0 Å². The zero-order chi connectivity index (χ0) is 10.8. The van der Waals surface area contributed by atoms with E-state index >= 15 is 0 Å². The number of amides is 1. The minimum atomic E-state index is 0.190. The van der Waals surface area contributed by atoms with Gasteiger partial charge in [-0.05, 0) is 19.3 Å². The number of Topliss-reactive ketones (excluding diaryl/α,β-unsaturated/α-hetero) is 1. The van der Waals surface area contributed by atoms with Crippen LogP contribution in [0, 0.1) is 0 Å². The smallest absolute Gasteiger partial charge is 0.223 e. The lowest BCUT2D eigenvalue weighted by Crippen LogP contribution is -2.46. The van der Waals surface area contributed by atoms with E-state index < -0.39 is 0 Å². The number of halogens is 1. The van der Waals surface area contributed by atoms with Gasteiger partial charge in [-0.15, -0.1) is 11.6 Å². The van der Waals surface area contributed by atoms with Gasteiger partial charge in [0.1, 0.15) is 5.78 Å². The third-order valence-electron chi connectivity index (χ3n) is 3.36. The molecule has 0 radical (unpaired) electrons. The summed E-state index contributed by atoms with van der Waals surface area (Å²) in [6.07, 6.45) is 4.42. The molecule has 0 aromatic heterocycles. The first-order valence-electron chi connectivity index (χ1n) is 5.61. The van der Waals surface area contributed by atoms with Crippen molar-refractivity contribution in [2.45, 2.75) is 50.6 Å². The Morgan fingerprint density at radius 2 is 1.93 bits per heavy atom. The van der Waals surface area contributed by atoms with Crippen LogP contribution in [0.1, 0.15) is 38.5 Å². The number of piperidine rings is 1. The molecule has 2 rings (SSSR count). The number of rotatable bonds is 3. The topological polar surface area (TPSA) is 37.4 Å². The molecule has 2 bridgehead atoms. The average molecular weight is 230 g/mol. The molecule has 0 saturated carbocycles. The van der Waals surface area contributed by atoms with Gasteiger partial charge < -0.3 is 4.90 Å². The number of carbonyl (C=O) groups excluding carboxylic acids is 2. The lowest BCUT2D eigenvalue weighted by molar-refractivity contribution is -0.138. The highest BCUT2D eigenvalue weighted by Gasteiger charge is 2.42. The lowest BCUT2D eigenvalue weighted by Gasteiger charge is -2.34. The zero-order valence-electron chi connectivity index (χ0n) is 8.75. The van der Waals surface area contributed by atoms with E-state index in [1.165, 1.54) is 0 Å². The van der Waals surface area contributed by atoms with E-state index in [2.05, 4.69) is 0 Å². The van der Waals surface area contributed by atoms with Crippen molar-refractivity contribution in [3.8, 4) is 0 Å². The number of fused-ring (bicyclic) bond motifs is 2. The second-order valence-corrected chi connectivity index (χ2v) is 4.80. The number of hydrogen-bond donors (Lipinski definition) is 0. The van der Waals surface area contributed by atoms with Crippen molar-refractivity contribution in [1.82, 2.24) is 4.90 Å². The maximum atomic E-state index is 11.9. The first-order chi connectivity index (χ1) is 7.22. The van der Waals surface area contributed by atoms with Crippen molar-refractivity contribution in [3.05, 3.63) is 0 Å². The first-order valence-corrected chi connectivity index (χ1v) is 6.14. The van der Waals surface area contributed by atoms with Gasteiger partial charge in [0, 0.05) is 37.2 Å². The molecule has 2 fully saturated rings. The fourth-order valence-electron chi connectivity index (χ4n) is 2.73. The number of hydrogen-bond acceptors (Lipinski definition) is 2. The van der Waals surface area contributed by atoms with Gasteiger partial charge in [-0.3, -0.25) is 9.59 Å². The summed E-state index contributed by atoms with van der Waals surface area (Å²) in [6, 6.07) is 0.387. The van der Waals surface area contributed by atoms with Gasteiger partial charge >= 0.3 is 0 Å². The van der Waals surface area contributed by atoms with Crippen molar-refractivity contribution in [2.24, 2.45) is 0 Å². The van der Waals surface area contributed by atoms with Crippen LogP contribution in [0.25, 0.3) is 0 Å². The van der Waals surface area contributed by atoms with E-state index in [1.54, 1.807) is 0 Å². The Morgan fingerprint density at radius 1 is 1.33 bits per heavy atom. The second-order valence-electron chi connectivity index (χ2n) is 4.43. The first kappa shape index (κ1) is 10.9. The molecular weight excluding hydrogens is 214 g/mol. The normalized spacial score (nSPS) is 29.7. The summed E-state index contributed by atoms with van der Waals surface area (Å²) in [6.45, 7) is 0. The van der Waals surface area contributed by atoms with E-state index in [1.807, 2.05) is 4.90 Å². The molecule has 84 valence electrons. The molecule has 0 unspecified atom stereocenters. The van der Waals surface area contributed by atoms with Gasteiger partial charge in [0.15, 0.2) is 0 Å². The van der Waals surface area contributed by atoms with Crippen LogP contribution in [0.2, 0.25) is 0 Å². The average Bonchev–Trinajstić information content (AvgIpc) is 2.48. The number of alkyl halides is 1. The number of ketones is 1. The largest absolute Gasteiger partial charge is 0.336 e. The second kappa shape index (κ2) is 4.52. The van der Waals surface area contributed by atoms with Crippen LogP contribution in [0.5, 0.6) is 0 Å². The zero-order valence-corrected chi connectivity index (χ0v) is 9.50. The third-order valence-corrected chi connectivity index (χ3v) is 3.63. The molecule has 0 spiro atoms. The summed E-state index contributed by atoms with van der Waals surface area (Å²) in [5, 5.41) is 0. The van der Waals surface area contributed by atoms with Gasteiger partial charge in [-0.25, -0.2) is 0 Å². The van der Waals surface area contributed by atoms with E-state index in [-0.39, 0.29) is 18.0 Å². The van der Waals surface area contributed by atoms with Crippen molar-refractivity contribution < 1.29 is 9.59 Å². The molecule has 2 atom stereocenters. The molecular formula is C11H16ClNO2. The van der Waals surface area contributed by atoms with Crippen LogP contribution in [0.3, 0.4) is 0 Å². The van der Waals surface area contributed by atoms with Gasteiger partial charge in [-0.1, -0.05) is 0 Å². The summed E-state index contributed by atoms with van der Waals surface area (Å²) >= 11 is 5.57. The van der Waals surface area contributed by atoms with E-state index in [0.717, 1.165) is 19.3 Å². The predicted molar refractivity (Wildman–Crippen MR) is 57.9 cm³/mol. The SMILES string of the molecule is O=C1C[C@H]2CC[C@@H](C1)N2C(=O)CCCCl. The molecule has 4 heteroatoms. The molecule has 0 aromatic rings. The molecule has 0 aromatic carbocycles. The highest BCUT2D eigenvalue weighted by Crippen LogP contribution is 2.34. The standard InChI is InChI=1S/C11H16ClNO2/c12-5-1-2-11(15)13-8-3-4-9(13)7-10(14)6-8/h8-9H,1-7H2/t8-,9+. The summed E-state index contributed by atoms with van der Waals surface area (Å²) in [4.78, 5) is 25.2. The summed E-state index contributed by atoms with van der Waals surface area (Å²) in [7, 11) is 0. The van der Waals surface area contributed by atoms with Crippen LogP contribution in [-0.2, 0) is 9.59 Å². The fraction of sp³-hybridized carbons (Fsp3) is 0.818. The Hall–Kier alpha value is -0.570. The maximum Gasteiger partial charge on any atom is 0.223 e. The fourth-order valence-corrected chi connectivity index (χ4v) is 2.86. The Bertz CT molecular complexity index is 264. The quantitative estimate of drug-likeness (QED) is 0.692.